The Morgan fingerprint density at radius 3 is 2.79 bits per heavy atom. The molecule has 0 saturated carbocycles. The average Bonchev–Trinajstić information content (AvgIpc) is 2.74. The molecule has 1 heterocycles. The van der Waals surface area contributed by atoms with Gasteiger partial charge in [0.15, 0.2) is 5.13 Å². The van der Waals surface area contributed by atoms with Gasteiger partial charge in [0.2, 0.25) is 0 Å². The zero-order chi connectivity index (χ0) is 14.0. The highest BCUT2D eigenvalue weighted by molar-refractivity contribution is 7.15. The summed E-state index contributed by atoms with van der Waals surface area (Å²) in [5.41, 5.74) is 0.00626. The van der Waals surface area contributed by atoms with Crippen LogP contribution in [0.1, 0.15) is 15.2 Å². The van der Waals surface area contributed by atoms with Crippen LogP contribution >= 0.6 is 22.9 Å². The second-order valence-corrected chi connectivity index (χ2v) is 5.29. The lowest BCUT2D eigenvalue weighted by Gasteiger charge is -2.03. The number of nitro benzene ring substituents is 1. The van der Waals surface area contributed by atoms with Crippen LogP contribution < -0.4 is 5.32 Å². The van der Waals surface area contributed by atoms with Crippen molar-refractivity contribution in [3.05, 3.63) is 50.0 Å². The summed E-state index contributed by atoms with van der Waals surface area (Å²) in [5, 5.41) is 13.6. The van der Waals surface area contributed by atoms with Crippen LogP contribution in [0.3, 0.4) is 0 Å². The SMILES string of the molecule is Cc1cnc(NC(=O)c2ccc([N+](=O)[O-])cc2Cl)s1. The molecule has 0 saturated heterocycles. The number of carbonyl (C=O) groups excluding carboxylic acids is 1. The number of nitrogens with one attached hydrogen (secondary N) is 1. The van der Waals surface area contributed by atoms with Gasteiger partial charge in [0.25, 0.3) is 11.6 Å². The summed E-state index contributed by atoms with van der Waals surface area (Å²) in [7, 11) is 0. The first-order valence-corrected chi connectivity index (χ1v) is 6.34. The fraction of sp³-hybridized carbons (Fsp3) is 0.0909. The van der Waals surface area contributed by atoms with E-state index in [1.807, 2.05) is 6.92 Å². The predicted octanol–water partition coefficient (Wildman–Crippen LogP) is 3.27. The summed E-state index contributed by atoms with van der Waals surface area (Å²) < 4.78 is 0. The third-order valence-electron chi connectivity index (χ3n) is 2.25. The molecule has 0 unspecified atom stereocenters. The molecule has 0 fully saturated rings. The number of aromatic nitrogens is 1. The van der Waals surface area contributed by atoms with Gasteiger partial charge in [0, 0.05) is 23.2 Å². The number of carbonyl (C=O) groups is 1. The van der Waals surface area contributed by atoms with E-state index in [9.17, 15) is 14.9 Å². The van der Waals surface area contributed by atoms with Crippen molar-refractivity contribution in [2.45, 2.75) is 6.92 Å². The standard InChI is InChI=1S/C11H8ClN3O3S/c1-6-5-13-11(19-6)14-10(16)8-3-2-7(15(17)18)4-9(8)12/h2-5H,1H3,(H,13,14,16). The van der Waals surface area contributed by atoms with E-state index >= 15 is 0 Å². The average molecular weight is 298 g/mol. The van der Waals surface area contributed by atoms with Crippen molar-refractivity contribution in [2.75, 3.05) is 5.32 Å². The monoisotopic (exact) mass is 297 g/mol. The zero-order valence-corrected chi connectivity index (χ0v) is 11.3. The maximum atomic E-state index is 11.9. The Labute approximate surface area is 117 Å². The molecule has 2 aromatic rings. The molecule has 0 aliphatic rings. The van der Waals surface area contributed by atoms with Crippen LogP contribution in [0.15, 0.2) is 24.4 Å². The molecule has 1 aromatic carbocycles. The first kappa shape index (κ1) is 13.4. The van der Waals surface area contributed by atoms with Crippen LogP contribution in [0.5, 0.6) is 0 Å². The van der Waals surface area contributed by atoms with Crippen molar-refractivity contribution < 1.29 is 9.72 Å². The van der Waals surface area contributed by atoms with E-state index in [0.717, 1.165) is 10.9 Å². The molecular weight excluding hydrogens is 290 g/mol. The second kappa shape index (κ2) is 5.33. The van der Waals surface area contributed by atoms with Gasteiger partial charge in [-0.2, -0.15) is 0 Å². The zero-order valence-electron chi connectivity index (χ0n) is 9.71. The minimum Gasteiger partial charge on any atom is -0.298 e. The van der Waals surface area contributed by atoms with E-state index in [2.05, 4.69) is 10.3 Å². The number of nitrogens with zero attached hydrogens (tertiary/aromatic N) is 2. The van der Waals surface area contributed by atoms with Gasteiger partial charge in [0.1, 0.15) is 0 Å². The normalized spacial score (nSPS) is 10.2. The van der Waals surface area contributed by atoms with Gasteiger partial charge in [0.05, 0.1) is 15.5 Å². The number of rotatable bonds is 3. The lowest BCUT2D eigenvalue weighted by molar-refractivity contribution is -0.384. The molecule has 1 amide bonds. The van der Waals surface area contributed by atoms with Gasteiger partial charge < -0.3 is 0 Å². The Morgan fingerprint density at radius 1 is 1.53 bits per heavy atom. The third kappa shape index (κ3) is 3.07. The lowest BCUT2D eigenvalue weighted by Crippen LogP contribution is -2.12. The molecule has 6 nitrogen and oxygen atoms in total. The summed E-state index contributed by atoms with van der Waals surface area (Å²) in [6, 6.07) is 3.69. The number of thiazole rings is 1. The van der Waals surface area contributed by atoms with Crippen molar-refractivity contribution in [3.63, 3.8) is 0 Å². The van der Waals surface area contributed by atoms with E-state index in [-0.39, 0.29) is 16.3 Å². The minimum atomic E-state index is -0.572. The predicted molar refractivity (Wildman–Crippen MR) is 72.9 cm³/mol. The Hall–Kier alpha value is -1.99. The quantitative estimate of drug-likeness (QED) is 0.696. The molecule has 0 atom stereocenters. The molecule has 0 spiro atoms. The molecule has 2 rings (SSSR count). The van der Waals surface area contributed by atoms with Crippen LogP contribution in [0.4, 0.5) is 10.8 Å². The Bertz CT molecular complexity index is 656. The maximum absolute atomic E-state index is 11.9. The fourth-order valence-corrected chi connectivity index (χ4v) is 2.30. The number of nitro groups is 1. The van der Waals surface area contributed by atoms with E-state index in [1.165, 1.54) is 23.5 Å². The molecule has 0 bridgehead atoms. The molecule has 98 valence electrons. The van der Waals surface area contributed by atoms with Crippen molar-refractivity contribution >= 4 is 39.7 Å². The maximum Gasteiger partial charge on any atom is 0.270 e. The van der Waals surface area contributed by atoms with Crippen molar-refractivity contribution in [3.8, 4) is 0 Å². The number of benzene rings is 1. The van der Waals surface area contributed by atoms with E-state index < -0.39 is 10.8 Å². The lowest BCUT2D eigenvalue weighted by atomic mass is 10.2. The van der Waals surface area contributed by atoms with Crippen LogP contribution in [0.2, 0.25) is 5.02 Å². The molecular formula is C11H8ClN3O3S. The van der Waals surface area contributed by atoms with Gasteiger partial charge in [-0.3, -0.25) is 20.2 Å². The van der Waals surface area contributed by atoms with Crippen molar-refractivity contribution in [1.29, 1.82) is 0 Å². The first-order valence-electron chi connectivity index (χ1n) is 5.15. The Balaban J connectivity index is 2.22. The summed E-state index contributed by atoms with van der Waals surface area (Å²) in [5.74, 6) is -0.450. The van der Waals surface area contributed by atoms with Gasteiger partial charge in [-0.15, -0.1) is 11.3 Å². The Kier molecular flexibility index (Phi) is 3.77. The summed E-state index contributed by atoms with van der Waals surface area (Å²) >= 11 is 7.19. The van der Waals surface area contributed by atoms with Crippen LogP contribution in [0.25, 0.3) is 0 Å². The van der Waals surface area contributed by atoms with E-state index in [1.54, 1.807) is 6.20 Å². The van der Waals surface area contributed by atoms with Crippen LogP contribution in [-0.2, 0) is 0 Å². The molecule has 0 radical (unpaired) electrons. The number of aryl methyl sites for hydroxylation is 1. The molecule has 1 aromatic heterocycles. The third-order valence-corrected chi connectivity index (χ3v) is 3.39. The smallest absolute Gasteiger partial charge is 0.270 e. The van der Waals surface area contributed by atoms with Gasteiger partial charge >= 0.3 is 0 Å². The molecule has 0 aliphatic heterocycles. The molecule has 0 aliphatic carbocycles. The Morgan fingerprint density at radius 2 is 2.26 bits per heavy atom. The van der Waals surface area contributed by atoms with E-state index in [0.29, 0.717) is 5.13 Å². The number of halogens is 1. The van der Waals surface area contributed by atoms with E-state index in [4.69, 9.17) is 11.6 Å². The number of hydrogen-bond acceptors (Lipinski definition) is 5. The topological polar surface area (TPSA) is 85.1 Å². The summed E-state index contributed by atoms with van der Waals surface area (Å²) in [6.07, 6.45) is 1.64. The van der Waals surface area contributed by atoms with Crippen LogP contribution in [0, 0.1) is 17.0 Å². The van der Waals surface area contributed by atoms with Crippen molar-refractivity contribution in [1.82, 2.24) is 4.98 Å². The van der Waals surface area contributed by atoms with Gasteiger partial charge in [-0.1, -0.05) is 11.6 Å². The number of hydrogen-bond donors (Lipinski definition) is 1. The van der Waals surface area contributed by atoms with Gasteiger partial charge in [-0.25, -0.2) is 4.98 Å². The highest BCUT2D eigenvalue weighted by Gasteiger charge is 2.15. The minimum absolute atomic E-state index is 0.0278. The first-order chi connectivity index (χ1) is 8.97. The summed E-state index contributed by atoms with van der Waals surface area (Å²) in [6.45, 7) is 1.87. The number of non-ortho nitro benzene ring substituents is 1. The number of amides is 1. The largest absolute Gasteiger partial charge is 0.298 e. The second-order valence-electron chi connectivity index (χ2n) is 3.65. The number of anilines is 1. The highest BCUT2D eigenvalue weighted by atomic mass is 35.5. The highest BCUT2D eigenvalue weighted by Crippen LogP contribution is 2.24. The van der Waals surface area contributed by atoms with Gasteiger partial charge in [-0.05, 0) is 13.0 Å². The van der Waals surface area contributed by atoms with Crippen molar-refractivity contribution in [2.24, 2.45) is 0 Å². The molecule has 8 heteroatoms. The summed E-state index contributed by atoms with van der Waals surface area (Å²) in [4.78, 5) is 26.9. The fourth-order valence-electron chi connectivity index (χ4n) is 1.38. The molecule has 19 heavy (non-hydrogen) atoms. The molecule has 1 N–H and O–H groups in total. The van der Waals surface area contributed by atoms with Crippen LogP contribution in [-0.4, -0.2) is 15.8 Å².